The van der Waals surface area contributed by atoms with E-state index >= 15 is 0 Å². The van der Waals surface area contributed by atoms with Crippen LogP contribution in [0.2, 0.25) is 0 Å². The Kier molecular flexibility index (Phi) is 4.82. The van der Waals surface area contributed by atoms with Gasteiger partial charge < -0.3 is 20.2 Å². The SMILES string of the molecule is O=C(Nc1cccc(N2CCCC2=O)c1)N1C[C@H](O)[C@@H](N2CCCC2)C1. The summed E-state index contributed by atoms with van der Waals surface area (Å²) in [6, 6.07) is 7.25. The Balaban J connectivity index is 1.40. The van der Waals surface area contributed by atoms with Crippen molar-refractivity contribution in [3.8, 4) is 0 Å². The summed E-state index contributed by atoms with van der Waals surface area (Å²) in [5.74, 6) is 0.129. The fourth-order valence-corrected chi connectivity index (χ4v) is 4.24. The molecule has 3 fully saturated rings. The number of hydrogen-bond donors (Lipinski definition) is 2. The maximum atomic E-state index is 12.6. The zero-order valence-electron chi connectivity index (χ0n) is 14.9. The summed E-state index contributed by atoms with van der Waals surface area (Å²) in [4.78, 5) is 30.3. The molecular weight excluding hydrogens is 332 g/mol. The molecule has 140 valence electrons. The number of anilines is 2. The minimum absolute atomic E-state index is 0.0387. The molecule has 3 saturated heterocycles. The fraction of sp³-hybridized carbons (Fsp3) is 0.579. The second-order valence-electron chi connectivity index (χ2n) is 7.41. The van der Waals surface area contributed by atoms with Crippen LogP contribution in [0.15, 0.2) is 24.3 Å². The third-order valence-corrected chi connectivity index (χ3v) is 5.64. The minimum atomic E-state index is -0.493. The third-order valence-electron chi connectivity index (χ3n) is 5.64. The van der Waals surface area contributed by atoms with E-state index in [-0.39, 0.29) is 18.0 Å². The molecule has 0 spiro atoms. The van der Waals surface area contributed by atoms with E-state index in [0.717, 1.165) is 44.6 Å². The van der Waals surface area contributed by atoms with Crippen LogP contribution in [0, 0.1) is 0 Å². The van der Waals surface area contributed by atoms with Crippen LogP contribution >= 0.6 is 0 Å². The molecule has 1 aromatic rings. The molecule has 7 heteroatoms. The molecule has 3 amide bonds. The first kappa shape index (κ1) is 17.3. The number of aliphatic hydroxyl groups excluding tert-OH is 1. The Morgan fingerprint density at radius 1 is 1.12 bits per heavy atom. The van der Waals surface area contributed by atoms with E-state index in [4.69, 9.17) is 0 Å². The van der Waals surface area contributed by atoms with Crippen molar-refractivity contribution in [3.63, 3.8) is 0 Å². The van der Waals surface area contributed by atoms with Gasteiger partial charge in [0.05, 0.1) is 18.7 Å². The molecule has 3 aliphatic rings. The average Bonchev–Trinajstić information content (AvgIpc) is 3.35. The van der Waals surface area contributed by atoms with Crippen molar-refractivity contribution in [3.05, 3.63) is 24.3 Å². The van der Waals surface area contributed by atoms with Gasteiger partial charge in [-0.1, -0.05) is 6.07 Å². The highest BCUT2D eigenvalue weighted by Crippen LogP contribution is 2.25. The average molecular weight is 358 g/mol. The number of β-amino-alcohol motifs (C(OH)–C–C–N with tert-alkyl or cyclic N) is 1. The van der Waals surface area contributed by atoms with E-state index in [1.807, 2.05) is 24.3 Å². The van der Waals surface area contributed by atoms with Gasteiger partial charge in [-0.25, -0.2) is 4.79 Å². The van der Waals surface area contributed by atoms with Crippen molar-refractivity contribution >= 4 is 23.3 Å². The van der Waals surface area contributed by atoms with Gasteiger partial charge in [-0.3, -0.25) is 9.69 Å². The van der Waals surface area contributed by atoms with E-state index in [2.05, 4.69) is 10.2 Å². The first-order valence-electron chi connectivity index (χ1n) is 9.50. The highest BCUT2D eigenvalue weighted by Gasteiger charge is 2.38. The van der Waals surface area contributed by atoms with Gasteiger partial charge >= 0.3 is 6.03 Å². The van der Waals surface area contributed by atoms with E-state index < -0.39 is 6.10 Å². The molecule has 0 bridgehead atoms. The number of aliphatic hydroxyl groups is 1. The summed E-state index contributed by atoms with van der Waals surface area (Å²) in [5.41, 5.74) is 1.49. The van der Waals surface area contributed by atoms with E-state index in [9.17, 15) is 14.7 Å². The number of amides is 3. The van der Waals surface area contributed by atoms with Crippen molar-refractivity contribution in [2.75, 3.05) is 42.9 Å². The Labute approximate surface area is 153 Å². The molecule has 7 nitrogen and oxygen atoms in total. The zero-order valence-corrected chi connectivity index (χ0v) is 14.9. The van der Waals surface area contributed by atoms with Crippen LogP contribution in [0.4, 0.5) is 16.2 Å². The highest BCUT2D eigenvalue weighted by molar-refractivity contribution is 5.96. The van der Waals surface area contributed by atoms with Gasteiger partial charge in [0.25, 0.3) is 0 Å². The molecule has 2 atom stereocenters. The molecule has 2 N–H and O–H groups in total. The summed E-state index contributed by atoms with van der Waals surface area (Å²) < 4.78 is 0. The number of hydrogen-bond acceptors (Lipinski definition) is 4. The maximum Gasteiger partial charge on any atom is 0.321 e. The number of carbonyl (C=O) groups excluding carboxylic acids is 2. The molecule has 1 aromatic carbocycles. The van der Waals surface area contributed by atoms with Crippen LogP contribution in [-0.4, -0.2) is 71.7 Å². The lowest BCUT2D eigenvalue weighted by Gasteiger charge is -2.25. The van der Waals surface area contributed by atoms with Crippen molar-refractivity contribution in [2.45, 2.75) is 37.8 Å². The molecule has 26 heavy (non-hydrogen) atoms. The Morgan fingerprint density at radius 3 is 2.65 bits per heavy atom. The summed E-state index contributed by atoms with van der Waals surface area (Å²) in [7, 11) is 0. The summed E-state index contributed by atoms with van der Waals surface area (Å²) in [6.45, 7) is 3.65. The minimum Gasteiger partial charge on any atom is -0.390 e. The molecule has 0 radical (unpaired) electrons. The first-order chi connectivity index (χ1) is 12.6. The Bertz CT molecular complexity index is 689. The molecule has 4 rings (SSSR count). The van der Waals surface area contributed by atoms with E-state index in [0.29, 0.717) is 25.2 Å². The van der Waals surface area contributed by atoms with E-state index in [1.54, 1.807) is 9.80 Å². The number of nitrogens with one attached hydrogen (secondary N) is 1. The second kappa shape index (κ2) is 7.25. The van der Waals surface area contributed by atoms with Crippen molar-refractivity contribution < 1.29 is 14.7 Å². The van der Waals surface area contributed by atoms with Crippen LogP contribution in [0.25, 0.3) is 0 Å². The van der Waals surface area contributed by atoms with Crippen LogP contribution in [-0.2, 0) is 4.79 Å². The van der Waals surface area contributed by atoms with Gasteiger partial charge in [0.15, 0.2) is 0 Å². The van der Waals surface area contributed by atoms with Crippen LogP contribution in [0.1, 0.15) is 25.7 Å². The molecular formula is C19H26N4O3. The predicted molar refractivity (Wildman–Crippen MR) is 99.2 cm³/mol. The van der Waals surface area contributed by atoms with Crippen molar-refractivity contribution in [1.29, 1.82) is 0 Å². The lowest BCUT2D eigenvalue weighted by molar-refractivity contribution is -0.117. The number of rotatable bonds is 3. The van der Waals surface area contributed by atoms with Crippen molar-refractivity contribution in [1.82, 2.24) is 9.80 Å². The lowest BCUT2D eigenvalue weighted by Crippen LogP contribution is -2.41. The number of carbonyl (C=O) groups is 2. The molecule has 0 aromatic heterocycles. The van der Waals surface area contributed by atoms with Gasteiger partial charge in [0, 0.05) is 30.9 Å². The summed E-state index contributed by atoms with van der Waals surface area (Å²) >= 11 is 0. The van der Waals surface area contributed by atoms with Crippen LogP contribution in [0.5, 0.6) is 0 Å². The topological polar surface area (TPSA) is 76.1 Å². The van der Waals surface area contributed by atoms with Gasteiger partial charge in [-0.05, 0) is 50.6 Å². The third kappa shape index (κ3) is 3.41. The number of benzene rings is 1. The fourth-order valence-electron chi connectivity index (χ4n) is 4.24. The Morgan fingerprint density at radius 2 is 1.92 bits per heavy atom. The highest BCUT2D eigenvalue weighted by atomic mass is 16.3. The van der Waals surface area contributed by atoms with Crippen molar-refractivity contribution in [2.24, 2.45) is 0 Å². The molecule has 0 unspecified atom stereocenters. The first-order valence-corrected chi connectivity index (χ1v) is 9.50. The lowest BCUT2D eigenvalue weighted by atomic mass is 10.2. The van der Waals surface area contributed by atoms with Gasteiger partial charge in [-0.2, -0.15) is 0 Å². The zero-order chi connectivity index (χ0) is 18.1. The van der Waals surface area contributed by atoms with Gasteiger partial charge in [0.2, 0.25) is 5.91 Å². The predicted octanol–water partition coefficient (Wildman–Crippen LogP) is 1.49. The molecule has 0 saturated carbocycles. The number of urea groups is 1. The maximum absolute atomic E-state index is 12.6. The molecule has 3 heterocycles. The van der Waals surface area contributed by atoms with Gasteiger partial charge in [-0.15, -0.1) is 0 Å². The summed E-state index contributed by atoms with van der Waals surface area (Å²) in [5, 5.41) is 13.3. The Hall–Kier alpha value is -2.12. The standard InChI is InChI=1S/C19H26N4O3/c24-17-13-22(12-16(17)21-8-1-2-9-21)19(26)20-14-5-3-6-15(11-14)23-10-4-7-18(23)25/h3,5-6,11,16-17,24H,1-2,4,7-10,12-13H2,(H,20,26)/t16-,17-/m0/s1. The summed E-state index contributed by atoms with van der Waals surface area (Å²) in [6.07, 6.45) is 3.29. The van der Waals surface area contributed by atoms with E-state index in [1.165, 1.54) is 0 Å². The normalized spacial score (nSPS) is 26.7. The quantitative estimate of drug-likeness (QED) is 0.858. The monoisotopic (exact) mass is 358 g/mol. The number of nitrogens with zero attached hydrogens (tertiary/aromatic N) is 3. The second-order valence-corrected chi connectivity index (χ2v) is 7.41. The molecule has 0 aliphatic carbocycles. The van der Waals surface area contributed by atoms with Crippen LogP contribution < -0.4 is 10.2 Å². The molecule has 3 aliphatic heterocycles. The van der Waals surface area contributed by atoms with Crippen LogP contribution in [0.3, 0.4) is 0 Å². The largest absolute Gasteiger partial charge is 0.390 e. The number of likely N-dealkylation sites (tertiary alicyclic amines) is 2. The van der Waals surface area contributed by atoms with Gasteiger partial charge in [0.1, 0.15) is 0 Å². The smallest absolute Gasteiger partial charge is 0.321 e.